The number of esters is 4. The summed E-state index contributed by atoms with van der Waals surface area (Å²) >= 11 is 0. The second kappa shape index (κ2) is 68.0. The van der Waals surface area contributed by atoms with Crippen LogP contribution in [0.15, 0.2) is 0 Å². The lowest BCUT2D eigenvalue weighted by Crippen LogP contribution is -2.36. The summed E-state index contributed by atoms with van der Waals surface area (Å²) < 4.78 is 22.5. The van der Waals surface area contributed by atoms with E-state index in [-0.39, 0.29) is 56.2 Å². The summed E-state index contributed by atoms with van der Waals surface area (Å²) in [6.45, 7) is 16.4. The van der Waals surface area contributed by atoms with Crippen molar-refractivity contribution in [1.82, 2.24) is 14.7 Å². The smallest absolute Gasteiger partial charge is 0.307 e. The number of aliphatic hydroxyl groups is 1. The van der Waals surface area contributed by atoms with Gasteiger partial charge in [0.2, 0.25) is 0 Å². The molecule has 1 N–H and O–H groups in total. The molecule has 0 heterocycles. The van der Waals surface area contributed by atoms with Crippen LogP contribution in [0.25, 0.3) is 0 Å². The SMILES string of the molecule is CCCCCCCCSSCCOC(=O)CCN(CCCN(CCCO)CCCN(CCC(=O)OCCSSCCCCCCCC)CCC(=O)OCCSSCCCCCCCC)CCC(=O)OCCSSCCCCCCCC. The molecule has 0 radical (unpaired) electrons. The maximum absolute atomic E-state index is 12.9. The van der Waals surface area contributed by atoms with Crippen LogP contribution in [0.2, 0.25) is 0 Å². The van der Waals surface area contributed by atoms with Gasteiger partial charge in [-0.25, -0.2) is 0 Å². The molecule has 0 aliphatic rings. The molecule has 480 valence electrons. The Bertz CT molecular complexity index is 1200. The highest BCUT2D eigenvalue weighted by atomic mass is 33.1. The predicted molar refractivity (Wildman–Crippen MR) is 366 cm³/mol. The molecule has 0 spiro atoms. The van der Waals surface area contributed by atoms with E-state index in [1.54, 1.807) is 43.2 Å². The quantitative estimate of drug-likeness (QED) is 0.0267. The first-order valence-electron chi connectivity index (χ1n) is 32.2. The van der Waals surface area contributed by atoms with Gasteiger partial charge < -0.3 is 38.8 Å². The predicted octanol–water partition coefficient (Wildman–Crippen LogP) is 16.8. The molecule has 0 bridgehead atoms. The summed E-state index contributed by atoms with van der Waals surface area (Å²) in [6, 6.07) is 0. The van der Waals surface area contributed by atoms with Crippen LogP contribution < -0.4 is 0 Å². The van der Waals surface area contributed by atoms with Crippen molar-refractivity contribution in [3.63, 3.8) is 0 Å². The molecule has 0 amide bonds. The average Bonchev–Trinajstić information content (AvgIpc) is 3.46. The molecule has 0 aromatic heterocycles. The van der Waals surface area contributed by atoms with E-state index in [1.165, 1.54) is 154 Å². The maximum Gasteiger partial charge on any atom is 0.307 e. The first-order chi connectivity index (χ1) is 39.8. The van der Waals surface area contributed by atoms with Gasteiger partial charge in [0, 0.05) is 85.4 Å². The van der Waals surface area contributed by atoms with Gasteiger partial charge in [0.15, 0.2) is 0 Å². The topological polar surface area (TPSA) is 135 Å². The molecule has 0 rings (SSSR count). The van der Waals surface area contributed by atoms with Crippen molar-refractivity contribution in [3.8, 4) is 0 Å². The lowest BCUT2D eigenvalue weighted by Gasteiger charge is -2.27. The lowest BCUT2D eigenvalue weighted by molar-refractivity contribution is -0.145. The summed E-state index contributed by atoms with van der Waals surface area (Å²) in [4.78, 5) is 58.4. The Labute approximate surface area is 528 Å². The van der Waals surface area contributed by atoms with Crippen molar-refractivity contribution in [1.29, 1.82) is 0 Å². The Balaban J connectivity index is 5.32. The van der Waals surface area contributed by atoms with Crippen LogP contribution in [0.3, 0.4) is 0 Å². The molecular formula is C61H119N3O9S8. The Morgan fingerprint density at radius 3 is 0.728 bits per heavy atom. The number of hydrogen-bond donors (Lipinski definition) is 1. The van der Waals surface area contributed by atoms with Gasteiger partial charge in [-0.2, -0.15) is 0 Å². The third-order valence-electron chi connectivity index (χ3n) is 13.4. The average molecular weight is 1300 g/mol. The van der Waals surface area contributed by atoms with Crippen LogP contribution in [0.1, 0.15) is 227 Å². The van der Waals surface area contributed by atoms with Gasteiger partial charge >= 0.3 is 23.9 Å². The van der Waals surface area contributed by atoms with E-state index < -0.39 is 0 Å². The molecule has 0 aromatic carbocycles. The highest BCUT2D eigenvalue weighted by Crippen LogP contribution is 2.26. The van der Waals surface area contributed by atoms with E-state index in [1.807, 2.05) is 43.2 Å². The Hall–Kier alpha value is 0.520. The van der Waals surface area contributed by atoms with Crippen molar-refractivity contribution in [2.24, 2.45) is 0 Å². The minimum Gasteiger partial charge on any atom is -0.465 e. The molecule has 0 unspecified atom stereocenters. The largest absolute Gasteiger partial charge is 0.465 e. The molecule has 81 heavy (non-hydrogen) atoms. The van der Waals surface area contributed by atoms with E-state index in [0.29, 0.717) is 72.1 Å². The molecular weight excluding hydrogens is 1180 g/mol. The number of unbranched alkanes of at least 4 members (excludes halogenated alkanes) is 20. The lowest BCUT2D eigenvalue weighted by atomic mass is 10.1. The standard InChI is InChI=1S/C61H119N3O9S8/c1-5-9-13-17-21-25-50-74-78-54-46-70-58(66)32-41-63(42-33-59(67)71-47-55-79-75-51-26-22-18-14-10-6-2)38-29-36-62(40-31-45-65)37-30-39-64(43-34-60(68)72-48-56-80-76-52-27-23-19-15-11-7-3)44-35-61(69)73-49-57-81-77-53-28-24-20-16-12-8-4/h65H,5-57H2,1-4H3. The van der Waals surface area contributed by atoms with Crippen molar-refractivity contribution in [3.05, 3.63) is 0 Å². The molecule has 0 fully saturated rings. The summed E-state index contributed by atoms with van der Waals surface area (Å²) in [5.41, 5.74) is 0. The first kappa shape index (κ1) is 81.5. The number of ether oxygens (including phenoxy) is 4. The van der Waals surface area contributed by atoms with E-state index in [9.17, 15) is 24.3 Å². The van der Waals surface area contributed by atoms with Crippen LogP contribution in [-0.2, 0) is 38.1 Å². The van der Waals surface area contributed by atoms with Crippen molar-refractivity contribution in [2.75, 3.05) is 138 Å². The second-order valence-electron chi connectivity index (χ2n) is 20.8. The van der Waals surface area contributed by atoms with Gasteiger partial charge in [-0.3, -0.25) is 19.2 Å². The maximum atomic E-state index is 12.9. The third-order valence-corrected chi connectivity index (χ3v) is 23.3. The van der Waals surface area contributed by atoms with Crippen LogP contribution in [0.4, 0.5) is 0 Å². The first-order valence-corrected chi connectivity index (χ1v) is 42.1. The zero-order valence-electron chi connectivity index (χ0n) is 51.8. The third kappa shape index (κ3) is 63.4. The Kier molecular flexibility index (Phi) is 68.5. The minimum absolute atomic E-state index is 0.0997. The fourth-order valence-electron chi connectivity index (χ4n) is 8.62. The summed E-state index contributed by atoms with van der Waals surface area (Å²) in [5.74, 6) is 6.74. The fraction of sp³-hybridized carbons (Fsp3) is 0.934. The van der Waals surface area contributed by atoms with Crippen LogP contribution in [-0.4, -0.2) is 182 Å². The van der Waals surface area contributed by atoms with Gasteiger partial charge in [-0.05, 0) is 71.1 Å². The Morgan fingerprint density at radius 2 is 0.481 bits per heavy atom. The summed E-state index contributed by atoms with van der Waals surface area (Å²) in [5, 5.41) is 9.84. The van der Waals surface area contributed by atoms with Crippen LogP contribution in [0, 0.1) is 0 Å². The van der Waals surface area contributed by atoms with Gasteiger partial charge in [0.25, 0.3) is 0 Å². The number of nitrogens with zero attached hydrogens (tertiary/aromatic N) is 3. The van der Waals surface area contributed by atoms with E-state index in [2.05, 4.69) is 42.4 Å². The molecule has 12 nitrogen and oxygen atoms in total. The molecule has 20 heteroatoms. The van der Waals surface area contributed by atoms with Crippen molar-refractivity contribution < 1.29 is 43.2 Å². The normalized spacial score (nSPS) is 11.6. The zero-order chi connectivity index (χ0) is 59.0. The van der Waals surface area contributed by atoms with E-state index >= 15 is 0 Å². The molecule has 0 aromatic rings. The van der Waals surface area contributed by atoms with E-state index in [0.717, 1.165) is 78.5 Å². The number of carbonyl (C=O) groups excluding carboxylic acids is 4. The summed E-state index contributed by atoms with van der Waals surface area (Å²) in [7, 11) is 14.6. The van der Waals surface area contributed by atoms with E-state index in [4.69, 9.17) is 18.9 Å². The van der Waals surface area contributed by atoms with Crippen molar-refractivity contribution in [2.45, 2.75) is 227 Å². The number of hydrogen-bond acceptors (Lipinski definition) is 20. The second-order valence-corrected chi connectivity index (χ2v) is 31.6. The van der Waals surface area contributed by atoms with Crippen molar-refractivity contribution >= 4 is 110 Å². The monoisotopic (exact) mass is 1290 g/mol. The van der Waals surface area contributed by atoms with Gasteiger partial charge in [0.1, 0.15) is 26.4 Å². The highest BCUT2D eigenvalue weighted by Gasteiger charge is 2.17. The number of aliphatic hydroxyl groups excluding tert-OH is 1. The van der Waals surface area contributed by atoms with Gasteiger partial charge in [-0.15, -0.1) is 0 Å². The highest BCUT2D eigenvalue weighted by molar-refractivity contribution is 8.77. The molecule has 0 aliphatic heterocycles. The van der Waals surface area contributed by atoms with Gasteiger partial charge in [0.05, 0.1) is 25.7 Å². The Morgan fingerprint density at radius 1 is 0.272 bits per heavy atom. The van der Waals surface area contributed by atoms with Crippen LogP contribution >= 0.6 is 86.4 Å². The zero-order valence-corrected chi connectivity index (χ0v) is 58.3. The minimum atomic E-state index is -0.213. The van der Waals surface area contributed by atoms with Gasteiger partial charge in [-0.1, -0.05) is 242 Å². The molecule has 0 aliphatic carbocycles. The van der Waals surface area contributed by atoms with Crippen LogP contribution in [0.5, 0.6) is 0 Å². The summed E-state index contributed by atoms with van der Waals surface area (Å²) in [6.07, 6.45) is 34.3. The molecule has 0 atom stereocenters. The number of carbonyl (C=O) groups is 4. The number of rotatable bonds is 67. The molecule has 0 saturated heterocycles. The fourth-order valence-corrected chi connectivity index (χ4v) is 16.5. The molecule has 0 saturated carbocycles.